The first-order valence-corrected chi connectivity index (χ1v) is 9.76. The Morgan fingerprint density at radius 3 is 2.68 bits per heavy atom. The number of benzene rings is 2. The van der Waals surface area contributed by atoms with Gasteiger partial charge in [0, 0.05) is 37.1 Å². The second kappa shape index (κ2) is 8.50. The molecular formula is C23H25N3O2. The summed E-state index contributed by atoms with van der Waals surface area (Å²) in [6, 6.07) is 17.9. The lowest BCUT2D eigenvalue weighted by atomic mass is 10.0. The maximum Gasteiger partial charge on any atom is 0.252 e. The molecule has 1 aromatic heterocycles. The number of ether oxygens (including phenoxy) is 1. The van der Waals surface area contributed by atoms with E-state index in [9.17, 15) is 4.79 Å². The molecule has 1 saturated heterocycles. The lowest BCUT2D eigenvalue weighted by Crippen LogP contribution is -2.41. The Morgan fingerprint density at radius 2 is 1.86 bits per heavy atom. The predicted molar refractivity (Wildman–Crippen MR) is 112 cm³/mol. The fraction of sp³-hybridized carbons (Fsp3) is 0.304. The number of aryl methyl sites for hydroxylation is 1. The van der Waals surface area contributed by atoms with Gasteiger partial charge in [-0.15, -0.1) is 0 Å². The van der Waals surface area contributed by atoms with Crippen molar-refractivity contribution in [1.82, 2.24) is 15.2 Å². The first kappa shape index (κ1) is 18.6. The van der Waals surface area contributed by atoms with E-state index in [-0.39, 0.29) is 5.91 Å². The summed E-state index contributed by atoms with van der Waals surface area (Å²) in [5.74, 6) is -0.0540. The number of rotatable bonds is 5. The molecule has 1 fully saturated rings. The van der Waals surface area contributed by atoms with Crippen molar-refractivity contribution in [2.45, 2.75) is 6.92 Å². The highest BCUT2D eigenvalue weighted by Crippen LogP contribution is 2.26. The zero-order chi connectivity index (χ0) is 19.3. The number of hydrogen-bond donors (Lipinski definition) is 1. The molecule has 0 spiro atoms. The van der Waals surface area contributed by atoms with Gasteiger partial charge in [0.1, 0.15) is 0 Å². The third kappa shape index (κ3) is 4.06. The van der Waals surface area contributed by atoms with Gasteiger partial charge in [0.25, 0.3) is 5.91 Å². The number of nitrogens with one attached hydrogen (secondary N) is 1. The van der Waals surface area contributed by atoms with Gasteiger partial charge < -0.3 is 10.1 Å². The smallest absolute Gasteiger partial charge is 0.252 e. The molecule has 0 unspecified atom stereocenters. The maximum absolute atomic E-state index is 13.0. The topological polar surface area (TPSA) is 54.5 Å². The van der Waals surface area contributed by atoms with Crippen LogP contribution in [0.15, 0.2) is 54.6 Å². The lowest BCUT2D eigenvalue weighted by molar-refractivity contribution is 0.0383. The summed E-state index contributed by atoms with van der Waals surface area (Å²) in [7, 11) is 0. The van der Waals surface area contributed by atoms with Crippen LogP contribution in [0.3, 0.4) is 0 Å². The molecule has 28 heavy (non-hydrogen) atoms. The number of fused-ring (bicyclic) bond motifs is 1. The number of hydrogen-bond acceptors (Lipinski definition) is 4. The summed E-state index contributed by atoms with van der Waals surface area (Å²) in [5, 5.41) is 3.96. The SMILES string of the molecule is Cc1ccccc1-c1cc(C(=O)NCCN2CCOCC2)c2ccccc2n1. The fourth-order valence-corrected chi connectivity index (χ4v) is 3.61. The monoisotopic (exact) mass is 375 g/mol. The average molecular weight is 375 g/mol. The van der Waals surface area contributed by atoms with Crippen LogP contribution in [-0.4, -0.2) is 55.2 Å². The van der Waals surface area contributed by atoms with Crippen LogP contribution in [0, 0.1) is 6.92 Å². The number of pyridine rings is 1. The van der Waals surface area contributed by atoms with Crippen molar-refractivity contribution in [3.63, 3.8) is 0 Å². The summed E-state index contributed by atoms with van der Waals surface area (Å²) in [4.78, 5) is 20.1. The molecule has 3 aromatic rings. The van der Waals surface area contributed by atoms with Gasteiger partial charge in [-0.25, -0.2) is 4.98 Å². The van der Waals surface area contributed by atoms with Crippen molar-refractivity contribution in [3.8, 4) is 11.3 Å². The van der Waals surface area contributed by atoms with Crippen LogP contribution in [-0.2, 0) is 4.74 Å². The highest BCUT2D eigenvalue weighted by atomic mass is 16.5. The third-order valence-electron chi connectivity index (χ3n) is 5.20. The van der Waals surface area contributed by atoms with E-state index in [1.807, 2.05) is 48.5 Å². The molecule has 0 radical (unpaired) electrons. The number of nitrogens with zero attached hydrogens (tertiary/aromatic N) is 2. The minimum absolute atomic E-state index is 0.0540. The molecule has 5 nitrogen and oxygen atoms in total. The molecule has 2 heterocycles. The van der Waals surface area contributed by atoms with Crippen molar-refractivity contribution in [3.05, 3.63) is 65.7 Å². The normalized spacial score (nSPS) is 14.9. The van der Waals surface area contributed by atoms with E-state index in [1.54, 1.807) is 0 Å². The number of carbonyl (C=O) groups excluding carboxylic acids is 1. The lowest BCUT2D eigenvalue weighted by Gasteiger charge is -2.26. The average Bonchev–Trinajstić information content (AvgIpc) is 2.74. The quantitative estimate of drug-likeness (QED) is 0.744. The fourth-order valence-electron chi connectivity index (χ4n) is 3.61. The molecule has 0 saturated carbocycles. The van der Waals surface area contributed by atoms with Crippen molar-refractivity contribution in [2.75, 3.05) is 39.4 Å². The zero-order valence-electron chi connectivity index (χ0n) is 16.1. The second-order valence-electron chi connectivity index (χ2n) is 7.10. The Kier molecular flexibility index (Phi) is 5.65. The van der Waals surface area contributed by atoms with Crippen LogP contribution < -0.4 is 5.32 Å². The molecule has 5 heteroatoms. The molecule has 144 valence electrons. The van der Waals surface area contributed by atoms with Crippen LogP contribution >= 0.6 is 0 Å². The van der Waals surface area contributed by atoms with Crippen LogP contribution in [0.1, 0.15) is 15.9 Å². The Bertz CT molecular complexity index is 980. The van der Waals surface area contributed by atoms with Crippen molar-refractivity contribution in [1.29, 1.82) is 0 Å². The highest BCUT2D eigenvalue weighted by Gasteiger charge is 2.15. The van der Waals surface area contributed by atoms with E-state index < -0.39 is 0 Å². The van der Waals surface area contributed by atoms with Crippen LogP contribution in [0.4, 0.5) is 0 Å². The Balaban J connectivity index is 1.59. The van der Waals surface area contributed by atoms with E-state index >= 15 is 0 Å². The highest BCUT2D eigenvalue weighted by molar-refractivity contribution is 6.07. The summed E-state index contributed by atoms with van der Waals surface area (Å²) < 4.78 is 5.37. The van der Waals surface area contributed by atoms with Gasteiger partial charge in [-0.2, -0.15) is 0 Å². The number of aromatic nitrogens is 1. The van der Waals surface area contributed by atoms with E-state index in [2.05, 4.69) is 23.2 Å². The van der Waals surface area contributed by atoms with Gasteiger partial charge in [-0.3, -0.25) is 9.69 Å². The van der Waals surface area contributed by atoms with E-state index in [0.717, 1.165) is 60.6 Å². The van der Waals surface area contributed by atoms with Gasteiger partial charge in [-0.05, 0) is 24.6 Å². The van der Waals surface area contributed by atoms with E-state index in [0.29, 0.717) is 12.1 Å². The zero-order valence-corrected chi connectivity index (χ0v) is 16.1. The molecule has 4 rings (SSSR count). The van der Waals surface area contributed by atoms with Gasteiger partial charge in [-0.1, -0.05) is 42.5 Å². The first-order chi connectivity index (χ1) is 13.7. The predicted octanol–water partition coefficient (Wildman–Crippen LogP) is 3.27. The van der Waals surface area contributed by atoms with Crippen LogP contribution in [0.2, 0.25) is 0 Å². The summed E-state index contributed by atoms with van der Waals surface area (Å²) in [5.41, 5.74) is 4.53. The Morgan fingerprint density at radius 1 is 1.11 bits per heavy atom. The maximum atomic E-state index is 13.0. The molecule has 0 atom stereocenters. The van der Waals surface area contributed by atoms with Gasteiger partial charge in [0.15, 0.2) is 0 Å². The minimum Gasteiger partial charge on any atom is -0.379 e. The molecule has 1 aliphatic rings. The van der Waals surface area contributed by atoms with E-state index in [1.165, 1.54) is 0 Å². The molecule has 2 aromatic carbocycles. The van der Waals surface area contributed by atoms with Crippen LogP contribution in [0.25, 0.3) is 22.2 Å². The standard InChI is InChI=1S/C23H25N3O2/c1-17-6-2-3-7-18(17)22-16-20(19-8-4-5-9-21(19)25-22)23(27)24-10-11-26-12-14-28-15-13-26/h2-9,16H,10-15H2,1H3,(H,24,27). The second-order valence-corrected chi connectivity index (χ2v) is 7.10. The first-order valence-electron chi connectivity index (χ1n) is 9.76. The van der Waals surface area contributed by atoms with Crippen molar-refractivity contribution in [2.24, 2.45) is 0 Å². The van der Waals surface area contributed by atoms with Gasteiger partial charge in [0.05, 0.1) is 30.0 Å². The van der Waals surface area contributed by atoms with Crippen LogP contribution in [0.5, 0.6) is 0 Å². The van der Waals surface area contributed by atoms with Gasteiger partial charge >= 0.3 is 0 Å². The molecule has 0 bridgehead atoms. The largest absolute Gasteiger partial charge is 0.379 e. The number of amides is 1. The molecule has 1 amide bonds. The van der Waals surface area contributed by atoms with Crippen molar-refractivity contribution >= 4 is 16.8 Å². The molecular weight excluding hydrogens is 350 g/mol. The van der Waals surface area contributed by atoms with Crippen molar-refractivity contribution < 1.29 is 9.53 Å². The summed E-state index contributed by atoms with van der Waals surface area (Å²) >= 11 is 0. The van der Waals surface area contributed by atoms with E-state index in [4.69, 9.17) is 9.72 Å². The third-order valence-corrected chi connectivity index (χ3v) is 5.20. The summed E-state index contributed by atoms with van der Waals surface area (Å²) in [6.07, 6.45) is 0. The number of para-hydroxylation sites is 1. The number of morpholine rings is 1. The molecule has 0 aliphatic carbocycles. The molecule has 1 aliphatic heterocycles. The van der Waals surface area contributed by atoms with Gasteiger partial charge in [0.2, 0.25) is 0 Å². The summed E-state index contributed by atoms with van der Waals surface area (Å²) in [6.45, 7) is 6.90. The molecule has 1 N–H and O–H groups in total. The minimum atomic E-state index is -0.0540. The Hall–Kier alpha value is -2.76. The number of carbonyl (C=O) groups is 1. The Labute approximate surface area is 165 Å².